The fourth-order valence-corrected chi connectivity index (χ4v) is 4.33. The quantitative estimate of drug-likeness (QED) is 0.406. The number of carbonyl (C=O) groups is 2. The first-order valence-corrected chi connectivity index (χ1v) is 11.1. The lowest BCUT2D eigenvalue weighted by atomic mass is 9.93. The molecule has 0 spiro atoms. The number of amides is 1. The number of Topliss-reactive ketones (excluding diaryl/α,β-unsaturated/α-hetero) is 1. The van der Waals surface area contributed by atoms with E-state index in [1.54, 1.807) is 23.6 Å². The molecule has 0 saturated carbocycles. The minimum Gasteiger partial charge on any atom is -0.507 e. The van der Waals surface area contributed by atoms with Crippen LogP contribution in [0.2, 0.25) is 0 Å². The lowest BCUT2D eigenvalue weighted by Crippen LogP contribution is -2.32. The molecular weight excluding hydrogens is 404 g/mol. The van der Waals surface area contributed by atoms with Gasteiger partial charge < -0.3 is 14.9 Å². The van der Waals surface area contributed by atoms with Crippen LogP contribution in [0.1, 0.15) is 60.3 Å². The summed E-state index contributed by atoms with van der Waals surface area (Å²) in [6.45, 7) is 9.10. The highest BCUT2D eigenvalue weighted by Crippen LogP contribution is 2.40. The van der Waals surface area contributed by atoms with E-state index in [0.29, 0.717) is 23.7 Å². The Balaban J connectivity index is 2.14. The second-order valence-corrected chi connectivity index (χ2v) is 9.14. The molecule has 1 aliphatic heterocycles. The van der Waals surface area contributed by atoms with E-state index in [1.807, 2.05) is 50.2 Å². The van der Waals surface area contributed by atoms with Crippen LogP contribution in [-0.4, -0.2) is 63.6 Å². The van der Waals surface area contributed by atoms with Crippen molar-refractivity contribution in [2.75, 3.05) is 27.2 Å². The number of aryl methyl sites for hydroxylation is 2. The zero-order valence-electron chi connectivity index (χ0n) is 20.1. The largest absolute Gasteiger partial charge is 0.507 e. The SMILES string of the molecule is Cc1nn(C)c(C)c1C(O)=C1C(=O)C(=O)N(CCCN(C)C)[C@H]1c1ccc(C(C)C)cc1. The molecule has 1 N–H and O–H groups in total. The number of benzene rings is 1. The topological polar surface area (TPSA) is 78.7 Å². The number of carbonyl (C=O) groups excluding carboxylic acids is 2. The summed E-state index contributed by atoms with van der Waals surface area (Å²) in [5.41, 5.74) is 4.01. The van der Waals surface area contributed by atoms with E-state index in [0.717, 1.165) is 24.2 Å². The van der Waals surface area contributed by atoms with Crippen LogP contribution in [0.4, 0.5) is 0 Å². The van der Waals surface area contributed by atoms with Gasteiger partial charge in [0.05, 0.1) is 22.9 Å². The van der Waals surface area contributed by atoms with Gasteiger partial charge in [-0.3, -0.25) is 14.3 Å². The molecule has 7 nitrogen and oxygen atoms in total. The van der Waals surface area contributed by atoms with Crippen LogP contribution in [0.15, 0.2) is 29.8 Å². The number of aliphatic hydroxyl groups excluding tert-OH is 1. The molecule has 1 aromatic heterocycles. The van der Waals surface area contributed by atoms with Gasteiger partial charge in [0.25, 0.3) is 11.7 Å². The predicted molar refractivity (Wildman–Crippen MR) is 125 cm³/mol. The third kappa shape index (κ3) is 4.35. The lowest BCUT2D eigenvalue weighted by Gasteiger charge is -2.26. The first kappa shape index (κ1) is 23.7. The average molecular weight is 439 g/mol. The van der Waals surface area contributed by atoms with Crippen LogP contribution in [0.5, 0.6) is 0 Å². The highest BCUT2D eigenvalue weighted by Gasteiger charge is 2.46. The molecule has 1 amide bonds. The number of likely N-dealkylation sites (tertiary alicyclic amines) is 1. The molecule has 0 unspecified atom stereocenters. The zero-order valence-corrected chi connectivity index (χ0v) is 20.1. The van der Waals surface area contributed by atoms with Gasteiger partial charge in [-0.15, -0.1) is 0 Å². The normalized spacial score (nSPS) is 18.4. The maximum Gasteiger partial charge on any atom is 0.295 e. The van der Waals surface area contributed by atoms with Crippen LogP contribution in [0, 0.1) is 13.8 Å². The molecule has 1 aliphatic rings. The summed E-state index contributed by atoms with van der Waals surface area (Å²) in [5.74, 6) is -0.994. The second-order valence-electron chi connectivity index (χ2n) is 9.14. The lowest BCUT2D eigenvalue weighted by molar-refractivity contribution is -0.139. The van der Waals surface area contributed by atoms with Crippen molar-refractivity contribution in [3.63, 3.8) is 0 Å². The van der Waals surface area contributed by atoms with Gasteiger partial charge in [-0.1, -0.05) is 38.1 Å². The minimum atomic E-state index is -0.645. The molecule has 2 aromatic rings. The van der Waals surface area contributed by atoms with E-state index in [4.69, 9.17) is 0 Å². The van der Waals surface area contributed by atoms with Crippen molar-refractivity contribution in [2.24, 2.45) is 7.05 Å². The number of ketones is 1. The maximum absolute atomic E-state index is 13.2. The van der Waals surface area contributed by atoms with Crippen molar-refractivity contribution in [2.45, 2.75) is 46.1 Å². The summed E-state index contributed by atoms with van der Waals surface area (Å²) in [4.78, 5) is 29.9. The molecular formula is C25H34N4O3. The third-order valence-electron chi connectivity index (χ3n) is 6.21. The second kappa shape index (κ2) is 9.28. The number of aliphatic hydroxyl groups is 1. The van der Waals surface area contributed by atoms with E-state index in [2.05, 4.69) is 18.9 Å². The van der Waals surface area contributed by atoms with Crippen molar-refractivity contribution in [1.29, 1.82) is 0 Å². The Morgan fingerprint density at radius 1 is 1.16 bits per heavy atom. The van der Waals surface area contributed by atoms with Gasteiger partial charge in [-0.25, -0.2) is 0 Å². The van der Waals surface area contributed by atoms with E-state index in [9.17, 15) is 14.7 Å². The van der Waals surface area contributed by atoms with Gasteiger partial charge in [0.2, 0.25) is 0 Å². The molecule has 1 saturated heterocycles. The first-order chi connectivity index (χ1) is 15.0. The highest BCUT2D eigenvalue weighted by molar-refractivity contribution is 6.46. The summed E-state index contributed by atoms with van der Waals surface area (Å²) < 4.78 is 1.67. The Labute approximate surface area is 190 Å². The molecule has 1 aromatic carbocycles. The number of hydrogen-bond donors (Lipinski definition) is 1. The van der Waals surface area contributed by atoms with E-state index in [1.165, 1.54) is 5.56 Å². The molecule has 0 radical (unpaired) electrons. The van der Waals surface area contributed by atoms with E-state index in [-0.39, 0.29) is 11.3 Å². The molecule has 0 bridgehead atoms. The van der Waals surface area contributed by atoms with E-state index >= 15 is 0 Å². The fourth-order valence-electron chi connectivity index (χ4n) is 4.33. The van der Waals surface area contributed by atoms with Crippen molar-refractivity contribution in [3.8, 4) is 0 Å². The first-order valence-electron chi connectivity index (χ1n) is 11.1. The van der Waals surface area contributed by atoms with Crippen molar-refractivity contribution in [3.05, 3.63) is 57.9 Å². The average Bonchev–Trinajstić information content (AvgIpc) is 3.13. The molecule has 32 heavy (non-hydrogen) atoms. The molecule has 0 aliphatic carbocycles. The van der Waals surface area contributed by atoms with Crippen LogP contribution >= 0.6 is 0 Å². The zero-order chi connectivity index (χ0) is 23.7. The van der Waals surface area contributed by atoms with Gasteiger partial charge in [0.15, 0.2) is 0 Å². The molecule has 3 rings (SSSR count). The van der Waals surface area contributed by atoms with Crippen LogP contribution in [0.25, 0.3) is 5.76 Å². The number of rotatable bonds is 7. The molecule has 172 valence electrons. The maximum atomic E-state index is 13.2. The van der Waals surface area contributed by atoms with Gasteiger partial charge in [0, 0.05) is 19.3 Å². The van der Waals surface area contributed by atoms with Gasteiger partial charge >= 0.3 is 0 Å². The van der Waals surface area contributed by atoms with E-state index < -0.39 is 17.7 Å². The molecule has 1 fully saturated rings. The fraction of sp³-hybridized carbons (Fsp3) is 0.480. The molecule has 1 atom stereocenters. The monoisotopic (exact) mass is 438 g/mol. The predicted octanol–water partition coefficient (Wildman–Crippen LogP) is 3.53. The summed E-state index contributed by atoms with van der Waals surface area (Å²) in [6, 6.07) is 7.35. The Morgan fingerprint density at radius 2 is 1.78 bits per heavy atom. The minimum absolute atomic E-state index is 0.136. The third-order valence-corrected chi connectivity index (χ3v) is 6.21. The number of hydrogen-bond acceptors (Lipinski definition) is 5. The van der Waals surface area contributed by atoms with Gasteiger partial charge in [0.1, 0.15) is 5.76 Å². The summed E-state index contributed by atoms with van der Waals surface area (Å²) in [6.07, 6.45) is 0.728. The smallest absolute Gasteiger partial charge is 0.295 e. The molecule has 2 heterocycles. The Kier molecular flexibility index (Phi) is 6.88. The van der Waals surface area contributed by atoms with Crippen LogP contribution < -0.4 is 0 Å². The highest BCUT2D eigenvalue weighted by atomic mass is 16.3. The van der Waals surface area contributed by atoms with Crippen molar-refractivity contribution in [1.82, 2.24) is 19.6 Å². The van der Waals surface area contributed by atoms with Crippen LogP contribution in [0.3, 0.4) is 0 Å². The van der Waals surface area contributed by atoms with Crippen molar-refractivity contribution < 1.29 is 14.7 Å². The Morgan fingerprint density at radius 3 is 2.28 bits per heavy atom. The number of nitrogens with zero attached hydrogens (tertiary/aromatic N) is 4. The van der Waals surface area contributed by atoms with Gasteiger partial charge in [-0.05, 0) is 58.0 Å². The Bertz CT molecular complexity index is 1050. The summed E-state index contributed by atoms with van der Waals surface area (Å²) >= 11 is 0. The van der Waals surface area contributed by atoms with Crippen molar-refractivity contribution >= 4 is 17.4 Å². The van der Waals surface area contributed by atoms with Gasteiger partial charge in [-0.2, -0.15) is 5.10 Å². The van der Waals surface area contributed by atoms with Crippen LogP contribution in [-0.2, 0) is 16.6 Å². The molecule has 7 heteroatoms. The number of aromatic nitrogens is 2. The standard InChI is InChI=1S/C25H34N4O3/c1-15(2)18-9-11-19(12-10-18)22-21(23(30)20-16(3)26-28(7)17(20)4)24(31)25(32)29(22)14-8-13-27(5)6/h9-12,15,22,30H,8,13-14H2,1-7H3/t22-/m0/s1. The summed E-state index contributed by atoms with van der Waals surface area (Å²) in [7, 11) is 5.75. The summed E-state index contributed by atoms with van der Waals surface area (Å²) in [5, 5.41) is 15.7. The Hall–Kier alpha value is -2.93.